The molecule has 0 bridgehead atoms. The van der Waals surface area contributed by atoms with E-state index in [1.54, 1.807) is 0 Å². The standard InChI is InChI=1S/C23H35F3N6O2/c1-16-13-31(21-27-11-19(12-28-21)23(24,25)26)14-17(2)32(16)22(33)29-20-3-7-30(8-4-20)15-18-5-9-34-10-6-18/h11-12,16-18,20H,3-10,13-15H2,1-2H3,(H,29,33)/t16-,17+. The van der Waals surface area contributed by atoms with Gasteiger partial charge in [0.15, 0.2) is 0 Å². The van der Waals surface area contributed by atoms with Crippen LogP contribution in [0.3, 0.4) is 0 Å². The van der Waals surface area contributed by atoms with Crippen LogP contribution in [0, 0.1) is 5.92 Å². The van der Waals surface area contributed by atoms with Gasteiger partial charge in [-0.3, -0.25) is 0 Å². The van der Waals surface area contributed by atoms with E-state index in [0.717, 1.165) is 70.9 Å². The van der Waals surface area contributed by atoms with Gasteiger partial charge in [-0.15, -0.1) is 0 Å². The maximum atomic E-state index is 13.1. The van der Waals surface area contributed by atoms with Crippen molar-refractivity contribution in [3.63, 3.8) is 0 Å². The third-order valence-electron chi connectivity index (χ3n) is 7.17. The molecule has 190 valence electrons. The number of carbonyl (C=O) groups excluding carboxylic acids is 1. The SMILES string of the molecule is C[C@@H]1CN(c2ncc(C(F)(F)F)cn2)C[C@H](C)N1C(=O)NC1CCN(CC2CCOCC2)CC1. The van der Waals surface area contributed by atoms with E-state index in [1.165, 1.54) is 0 Å². The molecular formula is C23H35F3N6O2. The minimum atomic E-state index is -4.46. The normalized spacial score (nSPS) is 26.0. The summed E-state index contributed by atoms with van der Waals surface area (Å²) >= 11 is 0. The maximum Gasteiger partial charge on any atom is 0.419 e. The number of amides is 2. The van der Waals surface area contributed by atoms with Gasteiger partial charge in [0, 0.05) is 76.5 Å². The number of halogens is 3. The second kappa shape index (κ2) is 10.6. The first-order chi connectivity index (χ1) is 16.2. The van der Waals surface area contributed by atoms with Crippen molar-refractivity contribution >= 4 is 12.0 Å². The molecule has 1 aromatic heterocycles. The molecule has 11 heteroatoms. The fourth-order valence-electron chi connectivity index (χ4n) is 5.32. The van der Waals surface area contributed by atoms with E-state index in [2.05, 4.69) is 20.2 Å². The Morgan fingerprint density at radius 2 is 1.65 bits per heavy atom. The molecule has 0 saturated carbocycles. The van der Waals surface area contributed by atoms with Gasteiger partial charge in [0.2, 0.25) is 5.95 Å². The van der Waals surface area contributed by atoms with Gasteiger partial charge in [0.05, 0.1) is 5.56 Å². The monoisotopic (exact) mass is 484 g/mol. The van der Waals surface area contributed by atoms with Gasteiger partial charge in [-0.2, -0.15) is 13.2 Å². The number of likely N-dealkylation sites (tertiary alicyclic amines) is 1. The number of alkyl halides is 3. The zero-order valence-corrected chi connectivity index (χ0v) is 19.9. The summed E-state index contributed by atoms with van der Waals surface area (Å²) in [6, 6.07) is -0.156. The molecule has 2 amide bonds. The Bertz CT molecular complexity index is 798. The average molecular weight is 485 g/mol. The molecule has 3 aliphatic rings. The first kappa shape index (κ1) is 25.0. The van der Waals surface area contributed by atoms with E-state index in [9.17, 15) is 18.0 Å². The van der Waals surface area contributed by atoms with Crippen LogP contribution in [0.25, 0.3) is 0 Å². The highest BCUT2D eigenvalue weighted by Crippen LogP contribution is 2.29. The van der Waals surface area contributed by atoms with Crippen LogP contribution in [-0.2, 0) is 10.9 Å². The maximum absolute atomic E-state index is 13.1. The van der Waals surface area contributed by atoms with Gasteiger partial charge < -0.3 is 24.8 Å². The minimum absolute atomic E-state index is 0.0733. The highest BCUT2D eigenvalue weighted by atomic mass is 19.4. The molecular weight excluding hydrogens is 449 g/mol. The second-order valence-electron chi connectivity index (χ2n) is 9.86. The molecule has 0 radical (unpaired) electrons. The van der Waals surface area contributed by atoms with Crippen LogP contribution in [0.1, 0.15) is 45.1 Å². The summed E-state index contributed by atoms with van der Waals surface area (Å²) < 4.78 is 43.8. The third-order valence-corrected chi connectivity index (χ3v) is 7.17. The number of urea groups is 1. The second-order valence-corrected chi connectivity index (χ2v) is 9.86. The van der Waals surface area contributed by atoms with Crippen molar-refractivity contribution in [3.8, 4) is 0 Å². The van der Waals surface area contributed by atoms with Gasteiger partial charge in [0.25, 0.3) is 0 Å². The molecule has 4 rings (SSSR count). The van der Waals surface area contributed by atoms with Crippen LogP contribution in [0.4, 0.5) is 23.9 Å². The number of carbonyl (C=O) groups is 1. The third kappa shape index (κ3) is 6.10. The summed E-state index contributed by atoms with van der Waals surface area (Å²) in [5, 5.41) is 3.22. The van der Waals surface area contributed by atoms with E-state index in [-0.39, 0.29) is 30.1 Å². The van der Waals surface area contributed by atoms with Gasteiger partial charge in [0.1, 0.15) is 0 Å². The van der Waals surface area contributed by atoms with Crippen molar-refractivity contribution in [2.75, 3.05) is 50.8 Å². The van der Waals surface area contributed by atoms with Crippen molar-refractivity contribution in [2.45, 2.75) is 63.8 Å². The minimum Gasteiger partial charge on any atom is -0.381 e. The Balaban J connectivity index is 1.26. The smallest absolute Gasteiger partial charge is 0.381 e. The summed E-state index contributed by atoms with van der Waals surface area (Å²) in [6.45, 7) is 9.66. The van der Waals surface area contributed by atoms with E-state index in [0.29, 0.717) is 19.0 Å². The molecule has 34 heavy (non-hydrogen) atoms. The lowest BCUT2D eigenvalue weighted by molar-refractivity contribution is -0.138. The van der Waals surface area contributed by atoms with Crippen LogP contribution in [-0.4, -0.2) is 89.9 Å². The molecule has 8 nitrogen and oxygen atoms in total. The van der Waals surface area contributed by atoms with Gasteiger partial charge in [-0.1, -0.05) is 0 Å². The average Bonchev–Trinajstić information content (AvgIpc) is 2.80. The predicted octanol–water partition coefficient (Wildman–Crippen LogP) is 3.00. The molecule has 0 aliphatic carbocycles. The molecule has 1 N–H and O–H groups in total. The number of piperidine rings is 1. The lowest BCUT2D eigenvalue weighted by Crippen LogP contribution is -2.62. The van der Waals surface area contributed by atoms with Crippen molar-refractivity contribution < 1.29 is 22.7 Å². The number of aromatic nitrogens is 2. The van der Waals surface area contributed by atoms with E-state index in [1.807, 2.05) is 23.6 Å². The Morgan fingerprint density at radius 3 is 2.21 bits per heavy atom. The quantitative estimate of drug-likeness (QED) is 0.709. The van der Waals surface area contributed by atoms with Crippen molar-refractivity contribution in [3.05, 3.63) is 18.0 Å². The number of piperazine rings is 1. The zero-order chi connectivity index (χ0) is 24.3. The number of hydrogen-bond acceptors (Lipinski definition) is 6. The topological polar surface area (TPSA) is 73.8 Å². The Hall–Kier alpha value is -2.14. The predicted molar refractivity (Wildman–Crippen MR) is 122 cm³/mol. The molecule has 0 unspecified atom stereocenters. The molecule has 4 heterocycles. The van der Waals surface area contributed by atoms with Crippen molar-refractivity contribution in [1.29, 1.82) is 0 Å². The fourth-order valence-corrected chi connectivity index (χ4v) is 5.32. The number of rotatable bonds is 4. The molecule has 2 atom stereocenters. The van der Waals surface area contributed by atoms with Crippen LogP contribution in [0.2, 0.25) is 0 Å². The molecule has 3 aliphatic heterocycles. The van der Waals surface area contributed by atoms with Crippen LogP contribution in [0.15, 0.2) is 12.4 Å². The molecule has 0 spiro atoms. The highest BCUT2D eigenvalue weighted by Gasteiger charge is 2.36. The summed E-state index contributed by atoms with van der Waals surface area (Å²) in [5.74, 6) is 0.968. The summed E-state index contributed by atoms with van der Waals surface area (Å²) in [4.78, 5) is 27.1. The first-order valence-corrected chi connectivity index (χ1v) is 12.2. The Labute approximate surface area is 198 Å². The van der Waals surface area contributed by atoms with Gasteiger partial charge >= 0.3 is 12.2 Å². The largest absolute Gasteiger partial charge is 0.419 e. The lowest BCUT2D eigenvalue weighted by Gasteiger charge is -2.45. The van der Waals surface area contributed by atoms with Gasteiger partial charge in [-0.25, -0.2) is 14.8 Å². The number of ether oxygens (including phenoxy) is 1. The highest BCUT2D eigenvalue weighted by molar-refractivity contribution is 5.75. The summed E-state index contributed by atoms with van der Waals surface area (Å²) in [6.07, 6.45) is 1.31. The molecule has 1 aromatic rings. The van der Waals surface area contributed by atoms with Crippen LogP contribution < -0.4 is 10.2 Å². The van der Waals surface area contributed by atoms with Crippen molar-refractivity contribution in [1.82, 2.24) is 25.1 Å². The van der Waals surface area contributed by atoms with Crippen molar-refractivity contribution in [2.24, 2.45) is 5.92 Å². The Morgan fingerprint density at radius 1 is 1.06 bits per heavy atom. The molecule has 3 fully saturated rings. The Kier molecular flexibility index (Phi) is 7.81. The number of hydrogen-bond donors (Lipinski definition) is 1. The summed E-state index contributed by atoms with van der Waals surface area (Å²) in [7, 11) is 0. The fraction of sp³-hybridized carbons (Fsp3) is 0.783. The lowest BCUT2D eigenvalue weighted by atomic mass is 9.97. The zero-order valence-electron chi connectivity index (χ0n) is 19.9. The molecule has 0 aromatic carbocycles. The van der Waals surface area contributed by atoms with E-state index < -0.39 is 11.7 Å². The molecule has 3 saturated heterocycles. The number of anilines is 1. The number of nitrogens with one attached hydrogen (secondary N) is 1. The van der Waals surface area contributed by atoms with E-state index >= 15 is 0 Å². The van der Waals surface area contributed by atoms with Gasteiger partial charge in [-0.05, 0) is 45.4 Å². The summed E-state index contributed by atoms with van der Waals surface area (Å²) in [5.41, 5.74) is -0.867. The first-order valence-electron chi connectivity index (χ1n) is 12.2. The van der Waals surface area contributed by atoms with Crippen LogP contribution >= 0.6 is 0 Å². The van der Waals surface area contributed by atoms with Crippen LogP contribution in [0.5, 0.6) is 0 Å². The number of nitrogens with zero attached hydrogens (tertiary/aromatic N) is 5. The van der Waals surface area contributed by atoms with E-state index in [4.69, 9.17) is 4.74 Å².